The summed E-state index contributed by atoms with van der Waals surface area (Å²) in [5.74, 6) is 1.42. The lowest BCUT2D eigenvalue weighted by atomic mass is 9.90. The van der Waals surface area contributed by atoms with Crippen molar-refractivity contribution in [2.75, 3.05) is 72.7 Å². The van der Waals surface area contributed by atoms with E-state index in [0.29, 0.717) is 83.0 Å². The summed E-state index contributed by atoms with van der Waals surface area (Å²) in [6, 6.07) is 53.7. The second kappa shape index (κ2) is 35.9. The first-order chi connectivity index (χ1) is 51.0. The number of urea groups is 1. The van der Waals surface area contributed by atoms with E-state index >= 15 is 0 Å². The minimum absolute atomic E-state index is 0.0399. The quantitative estimate of drug-likeness (QED) is 0.0279. The fourth-order valence-corrected chi connectivity index (χ4v) is 14.3. The van der Waals surface area contributed by atoms with E-state index in [4.69, 9.17) is 23.9 Å². The lowest BCUT2D eigenvalue weighted by Gasteiger charge is -2.28. The number of thiazole rings is 1. The number of nitrogens with zero attached hydrogens (tertiary/aromatic N) is 7. The van der Waals surface area contributed by atoms with Crippen molar-refractivity contribution in [1.29, 1.82) is 0 Å². The molecule has 0 spiro atoms. The highest BCUT2D eigenvalue weighted by Crippen LogP contribution is 2.40. The third-order valence-corrected chi connectivity index (χ3v) is 19.9. The molecule has 5 amide bonds. The fourth-order valence-electron chi connectivity index (χ4n) is 12.9. The summed E-state index contributed by atoms with van der Waals surface area (Å²) in [5.41, 5.74) is 13.2. The molecule has 2 aliphatic rings. The predicted octanol–water partition coefficient (Wildman–Crippen LogP) is 13.9. The van der Waals surface area contributed by atoms with Crippen molar-refractivity contribution in [2.24, 2.45) is 0 Å². The first-order valence-corrected chi connectivity index (χ1v) is 36.6. The van der Waals surface area contributed by atoms with Gasteiger partial charge in [-0.25, -0.2) is 23.9 Å². The number of methoxy groups -OCH3 is 3. The number of aromatic nitrogens is 6. The second-order valence-corrected chi connectivity index (χ2v) is 27.1. The molecule has 13 rings (SSSR count). The number of carbonyl (C=O) groups excluding carboxylic acids is 5. The molecule has 0 bridgehead atoms. The number of imide groups is 1. The zero-order valence-corrected chi connectivity index (χ0v) is 61.5. The molecule has 3 atom stereocenters. The summed E-state index contributed by atoms with van der Waals surface area (Å²) < 4.78 is 36.9. The Morgan fingerprint density at radius 1 is 0.752 bits per heavy atom. The van der Waals surface area contributed by atoms with Gasteiger partial charge in [-0.05, 0) is 165 Å². The van der Waals surface area contributed by atoms with Crippen molar-refractivity contribution in [3.63, 3.8) is 0 Å². The topological polar surface area (TPSA) is 249 Å². The Kier molecular flexibility index (Phi) is 25.7. The molecule has 21 nitrogen and oxygen atoms in total. The van der Waals surface area contributed by atoms with Crippen LogP contribution in [-0.4, -0.2) is 143 Å². The van der Waals surface area contributed by atoms with Gasteiger partial charge in [0.25, 0.3) is 5.91 Å². The normalized spacial score (nSPS) is 13.6. The van der Waals surface area contributed by atoms with Crippen LogP contribution in [-0.2, 0) is 45.1 Å². The molecule has 542 valence electrons. The van der Waals surface area contributed by atoms with E-state index in [2.05, 4.69) is 136 Å². The van der Waals surface area contributed by atoms with Gasteiger partial charge in [-0.15, -0.1) is 21.5 Å². The van der Waals surface area contributed by atoms with Crippen molar-refractivity contribution in [2.45, 2.75) is 82.8 Å². The molecule has 1 aliphatic heterocycles. The maximum absolute atomic E-state index is 13.4. The highest BCUT2D eigenvalue weighted by Gasteiger charge is 2.31. The molecule has 5 heterocycles. The molecule has 4 aromatic heterocycles. The lowest BCUT2D eigenvalue weighted by Crippen LogP contribution is -2.44. The number of hydrogen-bond donors (Lipinski definition) is 5. The van der Waals surface area contributed by atoms with E-state index in [-0.39, 0.29) is 35.3 Å². The van der Waals surface area contributed by atoms with Gasteiger partial charge in [0, 0.05) is 65.5 Å². The number of halogens is 1. The number of nitrogens with one attached hydrogen (secondary N) is 5. The zero-order valence-electron chi connectivity index (χ0n) is 59.9. The van der Waals surface area contributed by atoms with Crippen LogP contribution in [0.2, 0.25) is 0 Å². The van der Waals surface area contributed by atoms with Gasteiger partial charge in [0.2, 0.25) is 11.8 Å². The SMILES string of the molecule is CCC(c1nnc(SCC(=O)Nc2nc(-c3ccc(F)cc3)cs2)n1Cc1ccccc1)N(C)C.CCNC(=O)NC(=O)C(C)OC(=O)c1c2c(nc3ccccc13)/C(=C/c1ccc(OC)c(OC)c1)CC2.COc1ccc(C(CNC(=O)CN2CCc3ccccc3C2)c2c[nH]c3ccccc23)cc1. The molecular formula is C81H85FN12O9S2. The minimum atomic E-state index is -1.17. The molecule has 0 fully saturated rings. The number of carbonyl (C=O) groups is 5. The summed E-state index contributed by atoms with van der Waals surface area (Å²) in [7, 11) is 8.91. The number of esters is 1. The predicted molar refractivity (Wildman–Crippen MR) is 410 cm³/mol. The summed E-state index contributed by atoms with van der Waals surface area (Å²) in [6.07, 6.45) is 6.08. The first kappa shape index (κ1) is 75.1. The number of fused-ring (bicyclic) bond motifs is 4. The largest absolute Gasteiger partial charge is 0.497 e. The summed E-state index contributed by atoms with van der Waals surface area (Å²) in [5, 5.41) is 24.5. The van der Waals surface area contributed by atoms with E-state index < -0.39 is 24.0 Å². The Labute approximate surface area is 618 Å². The average molecular weight is 1450 g/mol. The number of H-pyrrole nitrogens is 1. The highest BCUT2D eigenvalue weighted by molar-refractivity contribution is 7.99. The highest BCUT2D eigenvalue weighted by atomic mass is 32.2. The summed E-state index contributed by atoms with van der Waals surface area (Å²) in [6.45, 7) is 8.97. The van der Waals surface area contributed by atoms with Crippen LogP contribution in [0.3, 0.4) is 0 Å². The van der Waals surface area contributed by atoms with E-state index in [1.54, 1.807) is 40.4 Å². The van der Waals surface area contributed by atoms with Crippen molar-refractivity contribution >= 4 is 91.4 Å². The Hall–Kier alpha value is -11.1. The van der Waals surface area contributed by atoms with Crippen LogP contribution in [0, 0.1) is 5.82 Å². The molecule has 105 heavy (non-hydrogen) atoms. The van der Waals surface area contributed by atoms with E-state index in [1.807, 2.05) is 104 Å². The number of anilines is 1. The minimum Gasteiger partial charge on any atom is -0.497 e. The van der Waals surface area contributed by atoms with Crippen molar-refractivity contribution in [3.05, 3.63) is 243 Å². The molecule has 1 aliphatic carbocycles. The number of aromatic amines is 1. The van der Waals surface area contributed by atoms with E-state index in [9.17, 15) is 28.4 Å². The number of hydrogen-bond acceptors (Lipinski definition) is 17. The average Bonchev–Trinajstić information content (AvgIpc) is 1.70. The Bertz CT molecular complexity index is 4870. The van der Waals surface area contributed by atoms with Gasteiger partial charge in [0.1, 0.15) is 11.6 Å². The van der Waals surface area contributed by atoms with Crippen LogP contribution in [0.25, 0.3) is 44.7 Å². The second-order valence-electron chi connectivity index (χ2n) is 25.3. The summed E-state index contributed by atoms with van der Waals surface area (Å²) in [4.78, 5) is 80.1. The third kappa shape index (κ3) is 19.0. The van der Waals surface area contributed by atoms with Gasteiger partial charge in [-0.3, -0.25) is 29.5 Å². The number of para-hydroxylation sites is 2. The maximum atomic E-state index is 13.4. The molecule has 0 saturated carbocycles. The Morgan fingerprint density at radius 2 is 1.48 bits per heavy atom. The molecule has 7 aromatic carbocycles. The van der Waals surface area contributed by atoms with E-state index in [1.165, 1.54) is 64.2 Å². The first-order valence-electron chi connectivity index (χ1n) is 34.7. The maximum Gasteiger partial charge on any atom is 0.339 e. The molecule has 5 N–H and O–H groups in total. The number of thioether (sulfide) groups is 1. The van der Waals surface area contributed by atoms with Crippen LogP contribution >= 0.6 is 23.1 Å². The van der Waals surface area contributed by atoms with Gasteiger partial charge < -0.3 is 44.4 Å². The number of pyridine rings is 1. The van der Waals surface area contributed by atoms with Gasteiger partial charge in [-0.1, -0.05) is 128 Å². The molecule has 0 saturated heterocycles. The standard InChI is InChI=1S/C28H29N3O6.C28H29N3O2.C25H27FN6OS2/c1-5-29-28(34)31-26(32)16(2)37-27(33)24-19-8-6-7-9-21(19)30-25-18(11-12-20(24)25)14-17-10-13-22(35-3)23(15-17)36-4;1-33-23-12-10-21(11-13-23)25(26-17-29-27-9-5-4-8-24(26)27)16-30-28(32)19-31-15-14-20-6-2-3-7-22(20)18-31;1-4-21(31(2)3)23-29-30-25(32(23)14-17-8-6-5-7-9-17)35-16-22(33)28-24-27-20(15-34-24)18-10-12-19(26)13-11-18/h6-10,13-16H,5,11-12H2,1-4H3,(H2,29,31,32,34);2-13,17,25,29H,14-16,18-19H2,1H3,(H,30,32);5-13,15,21H,4,14,16H2,1-3H3,(H,27,28,33)/b18-14+;;. The van der Waals surface area contributed by atoms with Crippen LogP contribution in [0.4, 0.5) is 14.3 Å². The Balaban J connectivity index is 0.000000158. The molecular weight excluding hydrogens is 1370 g/mol. The Morgan fingerprint density at radius 3 is 2.21 bits per heavy atom. The van der Waals surface area contributed by atoms with Crippen LogP contribution < -0.4 is 35.5 Å². The van der Waals surface area contributed by atoms with Crippen molar-refractivity contribution < 1.29 is 47.3 Å². The number of amides is 5. The number of ether oxygens (including phenoxy) is 4. The van der Waals surface area contributed by atoms with Crippen molar-refractivity contribution in [3.8, 4) is 28.5 Å². The fraction of sp³-hybridized carbons (Fsp3) is 0.272. The number of allylic oxidation sites excluding steroid dienone is 1. The van der Waals surface area contributed by atoms with Crippen LogP contribution in [0.5, 0.6) is 17.2 Å². The smallest absolute Gasteiger partial charge is 0.339 e. The molecule has 24 heteroatoms. The van der Waals surface area contributed by atoms with Gasteiger partial charge in [0.15, 0.2) is 33.7 Å². The van der Waals surface area contributed by atoms with Crippen LogP contribution in [0.15, 0.2) is 187 Å². The van der Waals surface area contributed by atoms with Crippen molar-refractivity contribution in [1.82, 2.24) is 55.5 Å². The van der Waals surface area contributed by atoms with E-state index in [0.717, 1.165) is 82.1 Å². The zero-order chi connectivity index (χ0) is 73.9. The van der Waals surface area contributed by atoms with Crippen LogP contribution in [0.1, 0.15) is 106 Å². The third-order valence-electron chi connectivity index (χ3n) is 18.2. The van der Waals surface area contributed by atoms with Gasteiger partial charge in [0.05, 0.1) is 68.7 Å². The lowest BCUT2D eigenvalue weighted by molar-refractivity contribution is -0.128. The summed E-state index contributed by atoms with van der Waals surface area (Å²) >= 11 is 2.69. The van der Waals surface area contributed by atoms with Gasteiger partial charge in [-0.2, -0.15) is 0 Å². The monoisotopic (exact) mass is 1450 g/mol. The molecule has 11 aromatic rings. The van der Waals surface area contributed by atoms with Gasteiger partial charge >= 0.3 is 12.0 Å². The molecule has 3 unspecified atom stereocenters. The number of rotatable bonds is 24. The molecule has 0 radical (unpaired) electrons. The number of benzene rings is 7.